The van der Waals surface area contributed by atoms with E-state index in [0.29, 0.717) is 0 Å². The van der Waals surface area contributed by atoms with E-state index >= 15 is 0 Å². The predicted octanol–water partition coefficient (Wildman–Crippen LogP) is 2.38. The molecule has 0 aromatic rings. The molecule has 0 radical (unpaired) electrons. The Bertz CT molecular complexity index is 184. The molecule has 0 aliphatic heterocycles. The molecule has 2 rings (SSSR count). The highest BCUT2D eigenvalue weighted by Crippen LogP contribution is 2.49. The Labute approximate surface area is 67.9 Å². The Kier molecular flexibility index (Phi) is 1.81. The third kappa shape index (κ3) is 0.896. The van der Waals surface area contributed by atoms with Crippen LogP contribution >= 0.6 is 0 Å². The second-order valence-electron chi connectivity index (χ2n) is 3.67. The van der Waals surface area contributed by atoms with Crippen molar-refractivity contribution in [2.45, 2.75) is 37.5 Å². The first-order valence-corrected chi connectivity index (χ1v) is 4.19. The van der Waals surface area contributed by atoms with Crippen LogP contribution in [-0.2, 0) is 0 Å². The third-order valence-corrected chi connectivity index (χ3v) is 3.07. The summed E-state index contributed by atoms with van der Waals surface area (Å²) in [5, 5.41) is 0. The van der Waals surface area contributed by atoms with Gasteiger partial charge in [-0.1, -0.05) is 0 Å². The minimum atomic E-state index is -2.10. The molecule has 2 saturated carbocycles. The quantitative estimate of drug-likeness (QED) is 0.504. The zero-order chi connectivity index (χ0) is 8.88. The second kappa shape index (κ2) is 2.60. The van der Waals surface area contributed by atoms with Crippen LogP contribution < -0.4 is 0 Å². The lowest BCUT2D eigenvalue weighted by molar-refractivity contribution is 0.0970. The molecular formula is C8H10F4. The van der Waals surface area contributed by atoms with E-state index in [-0.39, 0.29) is 12.8 Å². The van der Waals surface area contributed by atoms with E-state index in [2.05, 4.69) is 0 Å². The summed E-state index contributed by atoms with van der Waals surface area (Å²) >= 11 is 0. The van der Waals surface area contributed by atoms with Gasteiger partial charge in [-0.05, 0) is 12.8 Å². The molecule has 0 amide bonds. The lowest BCUT2D eigenvalue weighted by atomic mass is 9.98. The molecule has 6 atom stereocenters. The standard InChI is InChI=1S/C8H10F4/c9-4-2-1-3-5(4)7(11)8(12)6(3)10/h3-8H,1-2H2. The van der Waals surface area contributed by atoms with Gasteiger partial charge in [0.25, 0.3) is 0 Å². The molecule has 0 saturated heterocycles. The van der Waals surface area contributed by atoms with Gasteiger partial charge in [0, 0.05) is 11.8 Å². The van der Waals surface area contributed by atoms with Crippen LogP contribution in [0.2, 0.25) is 0 Å². The van der Waals surface area contributed by atoms with Crippen molar-refractivity contribution in [1.29, 1.82) is 0 Å². The maximum atomic E-state index is 12.9. The summed E-state index contributed by atoms with van der Waals surface area (Å²) in [7, 11) is 0. The Morgan fingerprint density at radius 2 is 1.42 bits per heavy atom. The first-order chi connectivity index (χ1) is 5.63. The van der Waals surface area contributed by atoms with Crippen molar-refractivity contribution in [1.82, 2.24) is 0 Å². The van der Waals surface area contributed by atoms with Gasteiger partial charge in [0.15, 0.2) is 6.17 Å². The second-order valence-corrected chi connectivity index (χ2v) is 3.67. The fourth-order valence-corrected chi connectivity index (χ4v) is 2.44. The van der Waals surface area contributed by atoms with Crippen LogP contribution in [0, 0.1) is 11.8 Å². The van der Waals surface area contributed by atoms with Crippen molar-refractivity contribution in [3.63, 3.8) is 0 Å². The topological polar surface area (TPSA) is 0 Å². The van der Waals surface area contributed by atoms with Crippen molar-refractivity contribution in [2.75, 3.05) is 0 Å². The van der Waals surface area contributed by atoms with E-state index in [1.54, 1.807) is 0 Å². The van der Waals surface area contributed by atoms with Gasteiger partial charge in [0.05, 0.1) is 0 Å². The Balaban J connectivity index is 2.20. The normalized spacial score (nSPS) is 59.0. The van der Waals surface area contributed by atoms with Crippen LogP contribution in [0.15, 0.2) is 0 Å². The molecular weight excluding hydrogens is 172 g/mol. The van der Waals surface area contributed by atoms with Gasteiger partial charge >= 0.3 is 0 Å². The first kappa shape index (κ1) is 8.32. The largest absolute Gasteiger partial charge is 0.247 e. The molecule has 2 aliphatic carbocycles. The van der Waals surface area contributed by atoms with Crippen LogP contribution in [0.1, 0.15) is 12.8 Å². The van der Waals surface area contributed by atoms with E-state index in [0.717, 1.165) is 0 Å². The molecule has 0 spiro atoms. The van der Waals surface area contributed by atoms with Gasteiger partial charge in [-0.2, -0.15) is 0 Å². The zero-order valence-electron chi connectivity index (χ0n) is 6.39. The maximum absolute atomic E-state index is 12.9. The summed E-state index contributed by atoms with van der Waals surface area (Å²) in [5.41, 5.74) is 0. The van der Waals surface area contributed by atoms with E-state index < -0.39 is 36.5 Å². The van der Waals surface area contributed by atoms with Crippen molar-refractivity contribution < 1.29 is 17.6 Å². The highest BCUT2D eigenvalue weighted by atomic mass is 19.2. The van der Waals surface area contributed by atoms with Crippen LogP contribution in [0.5, 0.6) is 0 Å². The molecule has 6 unspecified atom stereocenters. The lowest BCUT2D eigenvalue weighted by Crippen LogP contribution is -2.24. The molecule has 0 bridgehead atoms. The molecule has 0 heterocycles. The lowest BCUT2D eigenvalue weighted by Gasteiger charge is -2.12. The van der Waals surface area contributed by atoms with E-state index in [1.165, 1.54) is 0 Å². The average molecular weight is 182 g/mol. The average Bonchev–Trinajstić information content (AvgIpc) is 2.51. The summed E-state index contributed by atoms with van der Waals surface area (Å²) in [6.07, 6.45) is -6.69. The molecule has 70 valence electrons. The summed E-state index contributed by atoms with van der Waals surface area (Å²) in [5.74, 6) is -1.74. The predicted molar refractivity (Wildman–Crippen MR) is 35.8 cm³/mol. The van der Waals surface area contributed by atoms with Crippen molar-refractivity contribution in [3.8, 4) is 0 Å². The van der Waals surface area contributed by atoms with Gasteiger partial charge in [-0.3, -0.25) is 0 Å². The number of halogens is 4. The summed E-state index contributed by atoms with van der Waals surface area (Å²) in [4.78, 5) is 0. The number of hydrogen-bond donors (Lipinski definition) is 0. The fraction of sp³-hybridized carbons (Fsp3) is 1.00. The molecule has 0 nitrogen and oxygen atoms in total. The van der Waals surface area contributed by atoms with Crippen LogP contribution in [0.4, 0.5) is 17.6 Å². The zero-order valence-corrected chi connectivity index (χ0v) is 6.39. The molecule has 2 fully saturated rings. The van der Waals surface area contributed by atoms with Crippen molar-refractivity contribution in [2.24, 2.45) is 11.8 Å². The van der Waals surface area contributed by atoms with Gasteiger partial charge in [-0.15, -0.1) is 0 Å². The summed E-state index contributed by atoms with van der Waals surface area (Å²) < 4.78 is 51.4. The SMILES string of the molecule is FC1CCC2C(F)C(F)C(F)C12. The van der Waals surface area contributed by atoms with Gasteiger partial charge < -0.3 is 0 Å². The van der Waals surface area contributed by atoms with Crippen molar-refractivity contribution >= 4 is 0 Å². The molecule has 12 heavy (non-hydrogen) atoms. The van der Waals surface area contributed by atoms with Crippen molar-refractivity contribution in [3.05, 3.63) is 0 Å². The smallest absolute Gasteiger partial charge is 0.163 e. The molecule has 4 heteroatoms. The van der Waals surface area contributed by atoms with Crippen LogP contribution in [0.25, 0.3) is 0 Å². The third-order valence-electron chi connectivity index (χ3n) is 3.07. The van der Waals surface area contributed by atoms with Crippen LogP contribution in [0.3, 0.4) is 0 Å². The van der Waals surface area contributed by atoms with Crippen LogP contribution in [-0.4, -0.2) is 24.7 Å². The number of fused-ring (bicyclic) bond motifs is 1. The van der Waals surface area contributed by atoms with E-state index in [4.69, 9.17) is 0 Å². The first-order valence-electron chi connectivity index (χ1n) is 4.19. The maximum Gasteiger partial charge on any atom is 0.163 e. The minimum absolute atomic E-state index is 0.183. The summed E-state index contributed by atoms with van der Waals surface area (Å²) in [6, 6.07) is 0. The molecule has 0 N–H and O–H groups in total. The van der Waals surface area contributed by atoms with E-state index in [9.17, 15) is 17.6 Å². The number of hydrogen-bond acceptors (Lipinski definition) is 0. The highest BCUT2D eigenvalue weighted by Gasteiger charge is 2.58. The van der Waals surface area contributed by atoms with Gasteiger partial charge in [0.1, 0.15) is 18.5 Å². The van der Waals surface area contributed by atoms with Gasteiger partial charge in [-0.25, -0.2) is 17.6 Å². The Morgan fingerprint density at radius 3 is 2.00 bits per heavy atom. The van der Waals surface area contributed by atoms with Gasteiger partial charge in [0.2, 0.25) is 0 Å². The van der Waals surface area contributed by atoms with E-state index in [1.807, 2.05) is 0 Å². The molecule has 2 aliphatic rings. The highest BCUT2D eigenvalue weighted by molar-refractivity contribution is 5.04. The fourth-order valence-electron chi connectivity index (χ4n) is 2.44. The summed E-state index contributed by atoms with van der Waals surface area (Å²) in [6.45, 7) is 0. The Hall–Kier alpha value is -0.280. The molecule has 0 aromatic carbocycles. The Morgan fingerprint density at radius 1 is 0.750 bits per heavy atom. The number of alkyl halides is 4. The molecule has 0 aromatic heterocycles. The monoisotopic (exact) mass is 182 g/mol. The minimum Gasteiger partial charge on any atom is -0.247 e. The number of rotatable bonds is 0.